The summed E-state index contributed by atoms with van der Waals surface area (Å²) in [6.07, 6.45) is -2.36. The van der Waals surface area contributed by atoms with Crippen LogP contribution in [-0.2, 0) is 28.7 Å². The fourth-order valence-corrected chi connectivity index (χ4v) is 3.14. The fraction of sp³-hybridized carbons (Fsp3) is 0.381. The summed E-state index contributed by atoms with van der Waals surface area (Å²) in [5, 5.41) is 0. The first-order chi connectivity index (χ1) is 12.8. The third-order valence-corrected chi connectivity index (χ3v) is 4.70. The highest BCUT2D eigenvalue weighted by atomic mass is 19.4. The molecule has 1 fully saturated rings. The molecule has 0 aliphatic heterocycles. The zero-order chi connectivity index (χ0) is 19.6. The largest absolute Gasteiger partial charge is 0.488 e. The van der Waals surface area contributed by atoms with Gasteiger partial charge >= 0.3 is 12.1 Å². The van der Waals surface area contributed by atoms with Crippen molar-refractivity contribution < 1.29 is 27.4 Å². The van der Waals surface area contributed by atoms with Gasteiger partial charge in [-0.15, -0.1) is 0 Å². The Bertz CT molecular complexity index is 839. The highest BCUT2D eigenvalue weighted by molar-refractivity contribution is 5.73. The van der Waals surface area contributed by atoms with Gasteiger partial charge in [0.1, 0.15) is 12.4 Å². The lowest BCUT2D eigenvalue weighted by Crippen LogP contribution is -2.12. The molecule has 0 radical (unpaired) electrons. The second-order valence-corrected chi connectivity index (χ2v) is 6.80. The first-order valence-electron chi connectivity index (χ1n) is 8.77. The minimum absolute atomic E-state index is 0.0227. The van der Waals surface area contributed by atoms with Gasteiger partial charge in [-0.05, 0) is 54.5 Å². The van der Waals surface area contributed by atoms with Crippen LogP contribution in [-0.4, -0.2) is 13.1 Å². The van der Waals surface area contributed by atoms with Gasteiger partial charge in [-0.1, -0.05) is 29.8 Å². The first-order valence-corrected chi connectivity index (χ1v) is 8.77. The van der Waals surface area contributed by atoms with Crippen molar-refractivity contribution in [1.82, 2.24) is 0 Å². The van der Waals surface area contributed by atoms with E-state index < -0.39 is 17.7 Å². The van der Waals surface area contributed by atoms with E-state index in [-0.39, 0.29) is 18.8 Å². The second kappa shape index (κ2) is 7.62. The maximum absolute atomic E-state index is 13.3. The molecule has 3 rings (SSSR count). The van der Waals surface area contributed by atoms with Gasteiger partial charge in [-0.3, -0.25) is 4.79 Å². The Labute approximate surface area is 156 Å². The molecule has 1 saturated carbocycles. The van der Waals surface area contributed by atoms with E-state index in [1.54, 1.807) is 19.1 Å². The molecule has 1 aliphatic rings. The summed E-state index contributed by atoms with van der Waals surface area (Å²) in [6.45, 7) is 1.58. The maximum atomic E-state index is 13.3. The molecule has 27 heavy (non-hydrogen) atoms. The van der Waals surface area contributed by atoms with Gasteiger partial charge in [0.2, 0.25) is 0 Å². The molecule has 0 N–H and O–H groups in total. The molecule has 144 valence electrons. The van der Waals surface area contributed by atoms with Crippen LogP contribution in [0.3, 0.4) is 0 Å². The summed E-state index contributed by atoms with van der Waals surface area (Å²) in [5.41, 5.74) is 2.27. The lowest BCUT2D eigenvalue weighted by Gasteiger charge is -2.18. The number of aryl methyl sites for hydroxylation is 1. The van der Waals surface area contributed by atoms with Gasteiger partial charge in [0, 0.05) is 0 Å². The number of benzene rings is 2. The Morgan fingerprint density at radius 3 is 2.56 bits per heavy atom. The minimum Gasteiger partial charge on any atom is -0.488 e. The van der Waals surface area contributed by atoms with Crippen LogP contribution in [0, 0.1) is 6.92 Å². The molecule has 0 spiro atoms. The Morgan fingerprint density at radius 1 is 1.19 bits per heavy atom. The summed E-state index contributed by atoms with van der Waals surface area (Å²) in [4.78, 5) is 11.7. The number of halogens is 3. The molecule has 0 bridgehead atoms. The quantitative estimate of drug-likeness (QED) is 0.650. The number of methoxy groups -OCH3 is 1. The monoisotopic (exact) mass is 378 g/mol. The van der Waals surface area contributed by atoms with Crippen LogP contribution < -0.4 is 4.74 Å². The molecule has 0 amide bonds. The zero-order valence-corrected chi connectivity index (χ0v) is 15.2. The van der Waals surface area contributed by atoms with Crippen molar-refractivity contribution in [3.63, 3.8) is 0 Å². The Morgan fingerprint density at radius 2 is 1.93 bits per heavy atom. The van der Waals surface area contributed by atoms with E-state index in [9.17, 15) is 18.0 Å². The first kappa shape index (κ1) is 19.3. The topological polar surface area (TPSA) is 35.5 Å². The van der Waals surface area contributed by atoms with E-state index in [2.05, 4.69) is 0 Å². The van der Waals surface area contributed by atoms with Gasteiger partial charge in [0.15, 0.2) is 0 Å². The predicted molar refractivity (Wildman–Crippen MR) is 94.7 cm³/mol. The fourth-order valence-electron chi connectivity index (χ4n) is 3.14. The van der Waals surface area contributed by atoms with Gasteiger partial charge in [0.25, 0.3) is 0 Å². The number of hydrogen-bond donors (Lipinski definition) is 0. The third kappa shape index (κ3) is 4.62. The molecule has 2 aromatic carbocycles. The van der Waals surface area contributed by atoms with E-state index >= 15 is 0 Å². The zero-order valence-electron chi connectivity index (χ0n) is 15.2. The van der Waals surface area contributed by atoms with Crippen LogP contribution in [0.5, 0.6) is 5.75 Å². The van der Waals surface area contributed by atoms with Crippen LogP contribution in [0.4, 0.5) is 13.2 Å². The summed E-state index contributed by atoms with van der Waals surface area (Å²) in [6, 6.07) is 9.63. The minimum atomic E-state index is -4.49. The highest BCUT2D eigenvalue weighted by Crippen LogP contribution is 2.43. The smallest absolute Gasteiger partial charge is 0.419 e. The molecule has 6 heteroatoms. The number of ether oxygens (including phenoxy) is 2. The Hall–Kier alpha value is -2.50. The number of esters is 1. The van der Waals surface area contributed by atoms with Gasteiger partial charge in [-0.25, -0.2) is 0 Å². The molecular formula is C21H21F3O3. The van der Waals surface area contributed by atoms with Crippen molar-refractivity contribution in [3.8, 4) is 5.75 Å². The van der Waals surface area contributed by atoms with E-state index in [1.807, 2.05) is 12.1 Å². The molecule has 0 saturated heterocycles. The van der Waals surface area contributed by atoms with Crippen LogP contribution in [0.15, 0.2) is 36.4 Å². The van der Waals surface area contributed by atoms with Gasteiger partial charge < -0.3 is 9.47 Å². The lowest BCUT2D eigenvalue weighted by atomic mass is 9.96. The van der Waals surface area contributed by atoms with Gasteiger partial charge in [-0.2, -0.15) is 13.2 Å². The highest BCUT2D eigenvalue weighted by Gasteiger charge is 2.35. The molecule has 0 heterocycles. The van der Waals surface area contributed by atoms with Crippen LogP contribution in [0.2, 0.25) is 0 Å². The average Bonchev–Trinajstić information content (AvgIpc) is 3.45. The van der Waals surface area contributed by atoms with Crippen molar-refractivity contribution >= 4 is 5.97 Å². The number of rotatable bonds is 6. The molecule has 3 nitrogen and oxygen atoms in total. The molecule has 0 atom stereocenters. The average molecular weight is 378 g/mol. The van der Waals surface area contributed by atoms with E-state index in [0.717, 1.165) is 35.6 Å². The number of carbonyl (C=O) groups is 1. The predicted octanol–water partition coefficient (Wildman–Crippen LogP) is 5.19. The summed E-state index contributed by atoms with van der Waals surface area (Å²) in [7, 11) is 1.31. The molecular weight excluding hydrogens is 357 g/mol. The van der Waals surface area contributed by atoms with Crippen LogP contribution in [0.1, 0.15) is 46.6 Å². The summed E-state index contributed by atoms with van der Waals surface area (Å²) < 4.78 is 50.3. The second-order valence-electron chi connectivity index (χ2n) is 6.80. The Balaban J connectivity index is 1.91. The van der Waals surface area contributed by atoms with E-state index in [1.165, 1.54) is 13.2 Å². The van der Waals surface area contributed by atoms with Crippen LogP contribution in [0.25, 0.3) is 0 Å². The standard InChI is InChI=1S/C21H21F3O3/c1-13-6-9-19(18(10-13)21(22,23)24)27-12-17-15(11-20(25)26-2)4-3-5-16(17)14-7-8-14/h3-6,9-10,14H,7-8,11-12H2,1-2H3. The Kier molecular flexibility index (Phi) is 5.44. The molecule has 0 unspecified atom stereocenters. The third-order valence-electron chi connectivity index (χ3n) is 4.70. The summed E-state index contributed by atoms with van der Waals surface area (Å²) in [5.74, 6) is -0.223. The molecule has 2 aromatic rings. The maximum Gasteiger partial charge on any atom is 0.419 e. The number of hydrogen-bond acceptors (Lipinski definition) is 3. The van der Waals surface area contributed by atoms with Crippen molar-refractivity contribution in [2.75, 3.05) is 7.11 Å². The van der Waals surface area contributed by atoms with Gasteiger partial charge in [0.05, 0.1) is 19.1 Å². The van der Waals surface area contributed by atoms with Crippen molar-refractivity contribution in [2.45, 2.75) is 44.9 Å². The molecule has 1 aliphatic carbocycles. The molecule has 0 aromatic heterocycles. The SMILES string of the molecule is COC(=O)Cc1cccc(C2CC2)c1COc1ccc(C)cc1C(F)(F)F. The van der Waals surface area contributed by atoms with Crippen molar-refractivity contribution in [1.29, 1.82) is 0 Å². The van der Waals surface area contributed by atoms with E-state index in [4.69, 9.17) is 9.47 Å². The normalized spacial score (nSPS) is 14.1. The summed E-state index contributed by atoms with van der Waals surface area (Å²) >= 11 is 0. The van der Waals surface area contributed by atoms with Crippen molar-refractivity contribution in [3.05, 3.63) is 64.2 Å². The number of carbonyl (C=O) groups excluding carboxylic acids is 1. The van der Waals surface area contributed by atoms with E-state index in [0.29, 0.717) is 11.5 Å². The van der Waals surface area contributed by atoms with Crippen molar-refractivity contribution in [2.24, 2.45) is 0 Å². The lowest BCUT2D eigenvalue weighted by molar-refractivity contribution is -0.140. The van der Waals surface area contributed by atoms with Crippen LogP contribution >= 0.6 is 0 Å². The number of alkyl halides is 3.